The number of fused-ring (bicyclic) bond motifs is 2. The number of nitrogens with zero attached hydrogens (tertiary/aromatic N) is 4. The van der Waals surface area contributed by atoms with Gasteiger partial charge in [0.2, 0.25) is 11.7 Å². The average Bonchev–Trinajstić information content (AvgIpc) is 3.47. The number of carbonyl (C=O) groups is 1. The van der Waals surface area contributed by atoms with E-state index in [1.807, 2.05) is 12.1 Å². The van der Waals surface area contributed by atoms with Crippen LogP contribution in [0, 0.1) is 11.3 Å². The lowest BCUT2D eigenvalue weighted by Crippen LogP contribution is -2.32. The molecule has 3 aromatic rings. The van der Waals surface area contributed by atoms with E-state index in [9.17, 15) is 9.90 Å². The third-order valence-corrected chi connectivity index (χ3v) is 6.23. The fraction of sp³-hybridized carbons (Fsp3) is 0.304. The molecule has 1 atom stereocenters. The first-order valence-electron chi connectivity index (χ1n) is 9.99. The summed E-state index contributed by atoms with van der Waals surface area (Å²) in [4.78, 5) is 18.8. The molecule has 2 heterocycles. The van der Waals surface area contributed by atoms with Crippen molar-refractivity contribution in [1.29, 1.82) is 5.26 Å². The molecule has 1 fully saturated rings. The summed E-state index contributed by atoms with van der Waals surface area (Å²) in [5, 5.41) is 22.4. The standard InChI is InChI=1S/C23H20N4O3/c24-13-15-4-6-16(7-5-15)22-25-21(26-30-22)18-2-1-3-19-17(18)8-9-23(19)12-20(29)27(14-23)10-11-28/h1-7,28H,8-12,14H2/t23-/m1/s1. The quantitative estimate of drug-likeness (QED) is 0.722. The fourth-order valence-electron chi connectivity index (χ4n) is 4.78. The van der Waals surface area contributed by atoms with E-state index in [0.717, 1.165) is 24.0 Å². The van der Waals surface area contributed by atoms with Gasteiger partial charge < -0.3 is 14.5 Å². The minimum atomic E-state index is -0.197. The Morgan fingerprint density at radius 2 is 2.07 bits per heavy atom. The minimum absolute atomic E-state index is 0.0182. The number of hydrogen-bond donors (Lipinski definition) is 1. The predicted octanol–water partition coefficient (Wildman–Crippen LogP) is 2.68. The van der Waals surface area contributed by atoms with Crippen molar-refractivity contribution >= 4 is 5.91 Å². The molecule has 1 aromatic heterocycles. The zero-order valence-corrected chi connectivity index (χ0v) is 16.3. The minimum Gasteiger partial charge on any atom is -0.395 e. The third-order valence-electron chi connectivity index (χ3n) is 6.23. The summed E-state index contributed by atoms with van der Waals surface area (Å²) < 4.78 is 5.49. The number of aromatic nitrogens is 2. The number of amides is 1. The molecular formula is C23H20N4O3. The van der Waals surface area contributed by atoms with Crippen LogP contribution >= 0.6 is 0 Å². The Labute approximate surface area is 173 Å². The molecule has 2 aliphatic rings. The molecule has 1 aliphatic carbocycles. The van der Waals surface area contributed by atoms with E-state index in [0.29, 0.717) is 36.8 Å². The molecule has 2 aromatic carbocycles. The summed E-state index contributed by atoms with van der Waals surface area (Å²) in [6, 6.07) is 15.2. The number of likely N-dealkylation sites (tertiary alicyclic amines) is 1. The van der Waals surface area contributed by atoms with Crippen LogP contribution < -0.4 is 0 Å². The van der Waals surface area contributed by atoms with E-state index in [-0.39, 0.29) is 17.9 Å². The number of nitriles is 1. The predicted molar refractivity (Wildman–Crippen MR) is 108 cm³/mol. The summed E-state index contributed by atoms with van der Waals surface area (Å²) >= 11 is 0. The van der Waals surface area contributed by atoms with Crippen molar-refractivity contribution in [3.63, 3.8) is 0 Å². The van der Waals surface area contributed by atoms with Crippen LogP contribution in [0.1, 0.15) is 29.5 Å². The number of aliphatic hydroxyl groups excluding tert-OH is 1. The Morgan fingerprint density at radius 3 is 2.83 bits per heavy atom. The SMILES string of the molecule is N#Cc1ccc(-c2nc(-c3cccc4c3CC[C@]43CC(=O)N(CCO)C3)no2)cc1. The zero-order valence-electron chi connectivity index (χ0n) is 16.3. The van der Waals surface area contributed by atoms with Gasteiger partial charge in [0.15, 0.2) is 0 Å². The van der Waals surface area contributed by atoms with Crippen LogP contribution in [-0.4, -0.2) is 45.8 Å². The van der Waals surface area contributed by atoms with Gasteiger partial charge in [-0.25, -0.2) is 0 Å². The number of hydrogen-bond acceptors (Lipinski definition) is 6. The Hall–Kier alpha value is -3.50. The Morgan fingerprint density at radius 1 is 1.23 bits per heavy atom. The van der Waals surface area contributed by atoms with Gasteiger partial charge in [0, 0.05) is 36.1 Å². The van der Waals surface area contributed by atoms with Gasteiger partial charge in [-0.15, -0.1) is 0 Å². The molecule has 1 spiro atoms. The highest BCUT2D eigenvalue weighted by Crippen LogP contribution is 2.48. The fourth-order valence-corrected chi connectivity index (χ4v) is 4.78. The van der Waals surface area contributed by atoms with Gasteiger partial charge >= 0.3 is 0 Å². The highest BCUT2D eigenvalue weighted by molar-refractivity contribution is 5.82. The molecule has 0 unspecified atom stereocenters. The summed E-state index contributed by atoms with van der Waals surface area (Å²) in [7, 11) is 0. The van der Waals surface area contributed by atoms with Gasteiger partial charge in [0.25, 0.3) is 5.89 Å². The molecule has 0 saturated carbocycles. The summed E-state index contributed by atoms with van der Waals surface area (Å²) in [5.74, 6) is 1.04. The molecule has 0 radical (unpaired) electrons. The Bertz CT molecular complexity index is 1160. The molecule has 150 valence electrons. The van der Waals surface area contributed by atoms with Gasteiger partial charge in [0.05, 0.1) is 18.2 Å². The first-order chi connectivity index (χ1) is 14.6. The van der Waals surface area contributed by atoms with Crippen LogP contribution in [-0.2, 0) is 16.6 Å². The lowest BCUT2D eigenvalue weighted by atomic mass is 9.80. The molecule has 1 N–H and O–H groups in total. The van der Waals surface area contributed by atoms with E-state index in [2.05, 4.69) is 22.3 Å². The van der Waals surface area contributed by atoms with E-state index in [4.69, 9.17) is 9.78 Å². The van der Waals surface area contributed by atoms with Crippen molar-refractivity contribution in [3.05, 3.63) is 59.2 Å². The molecular weight excluding hydrogens is 380 g/mol. The van der Waals surface area contributed by atoms with E-state index in [1.165, 1.54) is 11.1 Å². The molecule has 1 saturated heterocycles. The van der Waals surface area contributed by atoms with E-state index in [1.54, 1.807) is 29.2 Å². The van der Waals surface area contributed by atoms with Crippen LogP contribution in [0.3, 0.4) is 0 Å². The van der Waals surface area contributed by atoms with E-state index < -0.39 is 0 Å². The summed E-state index contributed by atoms with van der Waals surface area (Å²) in [6.07, 6.45) is 2.23. The number of aliphatic hydroxyl groups is 1. The van der Waals surface area contributed by atoms with Crippen molar-refractivity contribution in [3.8, 4) is 28.9 Å². The second-order valence-electron chi connectivity index (χ2n) is 7.94. The summed E-state index contributed by atoms with van der Waals surface area (Å²) in [6.45, 7) is 1.01. The molecule has 0 bridgehead atoms. The van der Waals surface area contributed by atoms with Gasteiger partial charge in [-0.2, -0.15) is 10.2 Å². The van der Waals surface area contributed by atoms with Gasteiger partial charge in [-0.05, 0) is 48.2 Å². The van der Waals surface area contributed by atoms with Crippen LogP contribution in [0.2, 0.25) is 0 Å². The van der Waals surface area contributed by atoms with Crippen molar-refractivity contribution in [1.82, 2.24) is 15.0 Å². The maximum Gasteiger partial charge on any atom is 0.258 e. The molecule has 30 heavy (non-hydrogen) atoms. The normalized spacial score (nSPS) is 20.0. The van der Waals surface area contributed by atoms with Crippen LogP contribution in [0.4, 0.5) is 0 Å². The van der Waals surface area contributed by atoms with Gasteiger partial charge in [-0.1, -0.05) is 23.4 Å². The molecule has 1 aliphatic heterocycles. The maximum atomic E-state index is 12.5. The van der Waals surface area contributed by atoms with Gasteiger partial charge in [0.1, 0.15) is 0 Å². The number of β-amino-alcohol motifs (C(OH)–C–C–N with tert-alkyl or cyclic N) is 1. The molecule has 1 amide bonds. The highest BCUT2D eigenvalue weighted by Gasteiger charge is 2.48. The van der Waals surface area contributed by atoms with Crippen molar-refractivity contribution < 1.29 is 14.4 Å². The largest absolute Gasteiger partial charge is 0.395 e. The lowest BCUT2D eigenvalue weighted by Gasteiger charge is -2.24. The van der Waals surface area contributed by atoms with E-state index >= 15 is 0 Å². The number of carbonyl (C=O) groups excluding carboxylic acids is 1. The van der Waals surface area contributed by atoms with Crippen LogP contribution in [0.5, 0.6) is 0 Å². The smallest absolute Gasteiger partial charge is 0.258 e. The molecule has 5 rings (SSSR count). The lowest BCUT2D eigenvalue weighted by molar-refractivity contribution is -0.128. The number of rotatable bonds is 4. The van der Waals surface area contributed by atoms with Crippen molar-refractivity contribution in [2.45, 2.75) is 24.7 Å². The van der Waals surface area contributed by atoms with Crippen molar-refractivity contribution in [2.75, 3.05) is 19.7 Å². The topological polar surface area (TPSA) is 103 Å². The Kier molecular flexibility index (Phi) is 4.37. The second-order valence-corrected chi connectivity index (χ2v) is 7.94. The third kappa shape index (κ3) is 2.88. The number of benzene rings is 2. The summed E-state index contributed by atoms with van der Waals surface area (Å²) in [5.41, 5.74) is 4.42. The highest BCUT2D eigenvalue weighted by atomic mass is 16.5. The van der Waals surface area contributed by atoms with Gasteiger partial charge in [-0.3, -0.25) is 4.79 Å². The molecule has 7 nitrogen and oxygen atoms in total. The first-order valence-corrected chi connectivity index (χ1v) is 9.99. The average molecular weight is 400 g/mol. The maximum absolute atomic E-state index is 12.5. The van der Waals surface area contributed by atoms with Crippen molar-refractivity contribution in [2.24, 2.45) is 0 Å². The second kappa shape index (κ2) is 7.08. The molecule has 7 heteroatoms. The first kappa shape index (κ1) is 18.5. The zero-order chi connectivity index (χ0) is 20.7. The van der Waals surface area contributed by atoms with Crippen LogP contribution in [0.25, 0.3) is 22.8 Å². The monoisotopic (exact) mass is 400 g/mol. The Balaban J connectivity index is 1.48. The van der Waals surface area contributed by atoms with Crippen LogP contribution in [0.15, 0.2) is 47.0 Å².